The maximum Gasteiger partial charge on any atom is 0.341 e. The van der Waals surface area contributed by atoms with E-state index in [4.69, 9.17) is 9.47 Å². The van der Waals surface area contributed by atoms with Crippen LogP contribution >= 0.6 is 11.3 Å². The Morgan fingerprint density at radius 1 is 1.03 bits per heavy atom. The summed E-state index contributed by atoms with van der Waals surface area (Å²) in [6.07, 6.45) is 0.724. The molecule has 1 amide bonds. The molecule has 0 saturated heterocycles. The van der Waals surface area contributed by atoms with Gasteiger partial charge in [-0.2, -0.15) is 0 Å². The minimum atomic E-state index is -0.396. The summed E-state index contributed by atoms with van der Waals surface area (Å²) in [6, 6.07) is 21.9. The van der Waals surface area contributed by atoms with Crippen LogP contribution in [0, 0.1) is 0 Å². The third-order valence-electron chi connectivity index (χ3n) is 6.40. The van der Waals surface area contributed by atoms with Crippen molar-refractivity contribution in [1.82, 2.24) is 4.90 Å². The van der Waals surface area contributed by atoms with Crippen molar-refractivity contribution in [3.05, 3.63) is 93.9 Å². The normalized spacial score (nSPS) is 13.3. The first kappa shape index (κ1) is 24.0. The monoisotopic (exact) mass is 500 g/mol. The van der Waals surface area contributed by atoms with Crippen molar-refractivity contribution < 1.29 is 19.1 Å². The van der Waals surface area contributed by atoms with Crippen molar-refractivity contribution in [3.63, 3.8) is 0 Å². The van der Waals surface area contributed by atoms with Crippen molar-refractivity contribution in [1.29, 1.82) is 0 Å². The third-order valence-corrected chi connectivity index (χ3v) is 7.54. The van der Waals surface area contributed by atoms with Crippen molar-refractivity contribution in [2.24, 2.45) is 0 Å². The second-order valence-electron chi connectivity index (χ2n) is 8.73. The van der Waals surface area contributed by atoms with Crippen LogP contribution in [0.4, 0.5) is 5.00 Å². The Bertz CT molecular complexity index is 1410. The average Bonchev–Trinajstić information content (AvgIpc) is 3.25. The SMILES string of the molecule is CCOC(=O)c1c(NC(=O)c2cc3ccccc3cc2OC)sc2c1CCN(Cc1ccccc1)C2. The summed E-state index contributed by atoms with van der Waals surface area (Å²) in [7, 11) is 1.55. The van der Waals surface area contributed by atoms with Crippen LogP contribution in [0.3, 0.4) is 0 Å². The molecular formula is C29H28N2O4S. The van der Waals surface area contributed by atoms with Gasteiger partial charge >= 0.3 is 5.97 Å². The van der Waals surface area contributed by atoms with Crippen molar-refractivity contribution in [2.75, 3.05) is 25.6 Å². The fraction of sp³-hybridized carbons (Fsp3) is 0.241. The van der Waals surface area contributed by atoms with E-state index in [0.717, 1.165) is 47.3 Å². The number of nitrogens with one attached hydrogen (secondary N) is 1. The lowest BCUT2D eigenvalue weighted by molar-refractivity contribution is 0.0526. The Labute approximate surface area is 214 Å². The molecule has 0 radical (unpaired) electrons. The zero-order valence-corrected chi connectivity index (χ0v) is 21.2. The molecule has 0 saturated carbocycles. The van der Waals surface area contributed by atoms with Crippen LogP contribution in [0.1, 0.15) is 43.6 Å². The highest BCUT2D eigenvalue weighted by Gasteiger charge is 2.30. The molecular weight excluding hydrogens is 472 g/mol. The molecule has 0 aliphatic carbocycles. The molecule has 1 N–H and O–H groups in total. The van der Waals surface area contributed by atoms with E-state index in [1.54, 1.807) is 14.0 Å². The predicted molar refractivity (Wildman–Crippen MR) is 143 cm³/mol. The van der Waals surface area contributed by atoms with Gasteiger partial charge in [0, 0.05) is 24.5 Å². The quantitative estimate of drug-likeness (QED) is 0.320. The van der Waals surface area contributed by atoms with Gasteiger partial charge in [0.05, 0.1) is 24.8 Å². The molecule has 1 aromatic heterocycles. The van der Waals surface area contributed by atoms with Crippen molar-refractivity contribution >= 4 is 39.0 Å². The zero-order chi connectivity index (χ0) is 25.1. The second kappa shape index (κ2) is 10.5. The molecule has 184 valence electrons. The van der Waals surface area contributed by atoms with Gasteiger partial charge in [0.2, 0.25) is 0 Å². The molecule has 2 heterocycles. The molecule has 7 heteroatoms. The molecule has 1 aliphatic rings. The molecule has 3 aromatic carbocycles. The van der Waals surface area contributed by atoms with E-state index in [-0.39, 0.29) is 12.5 Å². The van der Waals surface area contributed by atoms with Gasteiger partial charge in [-0.05, 0) is 47.4 Å². The van der Waals surface area contributed by atoms with Crippen LogP contribution in [-0.4, -0.2) is 37.0 Å². The Morgan fingerprint density at radius 2 is 1.75 bits per heavy atom. The highest BCUT2D eigenvalue weighted by atomic mass is 32.1. The van der Waals surface area contributed by atoms with Crippen LogP contribution < -0.4 is 10.1 Å². The Hall–Kier alpha value is -3.68. The number of carbonyl (C=O) groups excluding carboxylic acids is 2. The van der Waals surface area contributed by atoms with Gasteiger partial charge in [-0.1, -0.05) is 54.6 Å². The van der Waals surface area contributed by atoms with E-state index >= 15 is 0 Å². The fourth-order valence-electron chi connectivity index (χ4n) is 4.68. The van der Waals surface area contributed by atoms with Gasteiger partial charge in [0.25, 0.3) is 5.91 Å². The highest BCUT2D eigenvalue weighted by molar-refractivity contribution is 7.17. The number of benzene rings is 3. The number of amides is 1. The summed E-state index contributed by atoms with van der Waals surface area (Å²) in [5.41, 5.74) is 3.12. The molecule has 5 rings (SSSR count). The zero-order valence-electron chi connectivity index (χ0n) is 20.4. The Kier molecular flexibility index (Phi) is 7.02. The maximum absolute atomic E-state index is 13.4. The summed E-state index contributed by atoms with van der Waals surface area (Å²) >= 11 is 1.46. The van der Waals surface area contributed by atoms with Crippen LogP contribution in [0.5, 0.6) is 5.75 Å². The average molecular weight is 501 g/mol. The van der Waals surface area contributed by atoms with Crippen LogP contribution in [0.25, 0.3) is 10.8 Å². The number of nitrogens with zero attached hydrogens (tertiary/aromatic N) is 1. The van der Waals surface area contributed by atoms with E-state index in [2.05, 4.69) is 22.3 Å². The minimum absolute atomic E-state index is 0.273. The fourth-order valence-corrected chi connectivity index (χ4v) is 5.95. The smallest absolute Gasteiger partial charge is 0.341 e. The minimum Gasteiger partial charge on any atom is -0.496 e. The number of carbonyl (C=O) groups is 2. The van der Waals surface area contributed by atoms with Crippen LogP contribution in [0.15, 0.2) is 66.7 Å². The van der Waals surface area contributed by atoms with Gasteiger partial charge in [0.1, 0.15) is 10.8 Å². The number of methoxy groups -OCH3 is 1. The van der Waals surface area contributed by atoms with Crippen LogP contribution in [-0.2, 0) is 24.2 Å². The van der Waals surface area contributed by atoms with Gasteiger partial charge in [0.15, 0.2) is 0 Å². The topological polar surface area (TPSA) is 67.9 Å². The van der Waals surface area contributed by atoms with Crippen molar-refractivity contribution in [2.45, 2.75) is 26.4 Å². The summed E-state index contributed by atoms with van der Waals surface area (Å²) < 4.78 is 10.9. The lowest BCUT2D eigenvalue weighted by Crippen LogP contribution is -2.29. The molecule has 0 bridgehead atoms. The first-order valence-electron chi connectivity index (χ1n) is 12.0. The molecule has 6 nitrogen and oxygen atoms in total. The largest absolute Gasteiger partial charge is 0.496 e. The summed E-state index contributed by atoms with van der Waals surface area (Å²) in [5.74, 6) is -0.227. The lowest BCUT2D eigenvalue weighted by Gasteiger charge is -2.27. The first-order chi connectivity index (χ1) is 17.6. The first-order valence-corrected chi connectivity index (χ1v) is 12.8. The maximum atomic E-state index is 13.4. The molecule has 0 unspecified atom stereocenters. The molecule has 4 aromatic rings. The number of rotatable bonds is 7. The molecule has 36 heavy (non-hydrogen) atoms. The number of fused-ring (bicyclic) bond motifs is 2. The number of esters is 1. The standard InChI is InChI=1S/C29H28N2O4S/c1-3-35-29(33)26-22-13-14-31(17-19-9-5-4-6-10-19)18-25(22)36-28(26)30-27(32)23-15-20-11-7-8-12-21(20)16-24(23)34-2/h4-12,15-16H,3,13-14,17-18H2,1-2H3,(H,30,32). The summed E-state index contributed by atoms with van der Waals surface area (Å²) in [6.45, 7) is 4.45. The van der Waals surface area contributed by atoms with Crippen LogP contribution in [0.2, 0.25) is 0 Å². The Balaban J connectivity index is 1.45. The summed E-state index contributed by atoms with van der Waals surface area (Å²) in [4.78, 5) is 29.9. The van der Waals surface area contributed by atoms with Gasteiger partial charge in [-0.15, -0.1) is 11.3 Å². The lowest BCUT2D eigenvalue weighted by atomic mass is 10.0. The number of ether oxygens (including phenoxy) is 2. The van der Waals surface area contributed by atoms with E-state index in [0.29, 0.717) is 21.9 Å². The van der Waals surface area contributed by atoms with Gasteiger partial charge < -0.3 is 14.8 Å². The predicted octanol–water partition coefficient (Wildman–Crippen LogP) is 5.90. The van der Waals surface area contributed by atoms with Gasteiger partial charge in [-0.25, -0.2) is 4.79 Å². The summed E-state index contributed by atoms with van der Waals surface area (Å²) in [5, 5.41) is 5.47. The van der Waals surface area contributed by atoms with E-state index in [9.17, 15) is 9.59 Å². The highest BCUT2D eigenvalue weighted by Crippen LogP contribution is 2.39. The van der Waals surface area contributed by atoms with E-state index in [1.807, 2.05) is 54.6 Å². The van der Waals surface area contributed by atoms with E-state index in [1.165, 1.54) is 16.9 Å². The molecule has 0 atom stereocenters. The molecule has 0 fully saturated rings. The number of thiophene rings is 1. The molecule has 0 spiro atoms. The van der Waals surface area contributed by atoms with E-state index < -0.39 is 5.97 Å². The molecule has 1 aliphatic heterocycles. The van der Waals surface area contributed by atoms with Crippen molar-refractivity contribution in [3.8, 4) is 5.75 Å². The Morgan fingerprint density at radius 3 is 2.47 bits per heavy atom. The second-order valence-corrected chi connectivity index (χ2v) is 9.83. The third kappa shape index (κ3) is 4.85. The number of hydrogen-bond acceptors (Lipinski definition) is 6. The number of anilines is 1. The number of hydrogen-bond donors (Lipinski definition) is 1. The van der Waals surface area contributed by atoms with Gasteiger partial charge in [-0.3, -0.25) is 9.69 Å².